The van der Waals surface area contributed by atoms with Crippen LogP contribution in [0, 0.1) is 19.8 Å². The molecule has 1 unspecified atom stereocenters. The molecule has 1 aromatic heterocycles. The second-order valence-electron chi connectivity index (χ2n) is 6.98. The number of nitrogens with zero attached hydrogens (tertiary/aromatic N) is 3. The Morgan fingerprint density at radius 3 is 2.59 bits per heavy atom. The molecule has 0 spiro atoms. The van der Waals surface area contributed by atoms with Gasteiger partial charge in [-0.15, -0.1) is 0 Å². The zero-order valence-corrected chi connectivity index (χ0v) is 16.0. The summed E-state index contributed by atoms with van der Waals surface area (Å²) in [5, 5.41) is 13.9. The highest BCUT2D eigenvalue weighted by atomic mass is 16.5. The van der Waals surface area contributed by atoms with E-state index in [4.69, 9.17) is 4.74 Å². The molecule has 1 saturated heterocycles. The Morgan fingerprint density at radius 2 is 1.96 bits per heavy atom. The van der Waals surface area contributed by atoms with Gasteiger partial charge >= 0.3 is 5.97 Å². The highest BCUT2D eigenvalue weighted by Crippen LogP contribution is 2.39. The summed E-state index contributed by atoms with van der Waals surface area (Å²) in [5.74, 6) is -1.65. The number of ether oxygens (including phenoxy) is 1. The van der Waals surface area contributed by atoms with Crippen molar-refractivity contribution in [2.45, 2.75) is 39.3 Å². The third kappa shape index (κ3) is 3.47. The summed E-state index contributed by atoms with van der Waals surface area (Å²) >= 11 is 0. The lowest BCUT2D eigenvalue weighted by Gasteiger charge is -2.27. The Balaban J connectivity index is 1.93. The van der Waals surface area contributed by atoms with Crippen molar-refractivity contribution in [1.29, 1.82) is 0 Å². The lowest BCUT2D eigenvalue weighted by atomic mass is 9.92. The van der Waals surface area contributed by atoms with E-state index in [-0.39, 0.29) is 5.91 Å². The first-order valence-electron chi connectivity index (χ1n) is 9.05. The van der Waals surface area contributed by atoms with Gasteiger partial charge in [0.1, 0.15) is 6.04 Å². The largest absolute Gasteiger partial charge is 0.480 e. The van der Waals surface area contributed by atoms with Crippen molar-refractivity contribution in [2.75, 3.05) is 13.7 Å². The van der Waals surface area contributed by atoms with Gasteiger partial charge < -0.3 is 14.7 Å². The van der Waals surface area contributed by atoms with E-state index >= 15 is 0 Å². The third-order valence-corrected chi connectivity index (χ3v) is 5.33. The molecule has 7 nitrogen and oxygen atoms in total. The van der Waals surface area contributed by atoms with Gasteiger partial charge in [0, 0.05) is 24.9 Å². The Bertz CT molecular complexity index is 846. The number of aromatic nitrogens is 2. The van der Waals surface area contributed by atoms with E-state index in [1.54, 1.807) is 0 Å². The molecule has 144 valence electrons. The maximum atomic E-state index is 12.9. The predicted molar refractivity (Wildman–Crippen MR) is 99.7 cm³/mol. The molecule has 1 aromatic carbocycles. The Hall–Kier alpha value is -2.67. The molecular formula is C20H25N3O4. The van der Waals surface area contributed by atoms with Gasteiger partial charge in [-0.2, -0.15) is 5.10 Å². The maximum Gasteiger partial charge on any atom is 0.326 e. The second-order valence-corrected chi connectivity index (χ2v) is 6.98. The summed E-state index contributed by atoms with van der Waals surface area (Å²) < 4.78 is 7.78. The SMILES string of the molecule is Cc1nn(-c2ccccc2)c(C)c1[C@H]1OCC[C@@H]1C(=O)N(C)C(C)C(=O)O. The van der Waals surface area contributed by atoms with Crippen LogP contribution in [-0.4, -0.2) is 51.4 Å². The molecule has 1 N–H and O–H groups in total. The fourth-order valence-electron chi connectivity index (χ4n) is 3.63. The number of aryl methyl sites for hydroxylation is 1. The first-order valence-corrected chi connectivity index (χ1v) is 9.05. The molecule has 7 heteroatoms. The van der Waals surface area contributed by atoms with E-state index in [1.165, 1.54) is 18.9 Å². The standard InChI is InChI=1S/C20H25N3O4/c1-12-17(13(2)23(21-12)15-8-6-5-7-9-15)18-16(10-11-27-18)19(24)22(4)14(3)20(25)26/h5-9,14,16,18H,10-11H2,1-4H3,(H,25,26)/t14?,16-,18-/m0/s1. The Morgan fingerprint density at radius 1 is 1.30 bits per heavy atom. The minimum atomic E-state index is -1.02. The van der Waals surface area contributed by atoms with Crippen molar-refractivity contribution in [1.82, 2.24) is 14.7 Å². The number of carboxylic acids is 1. The molecule has 1 fully saturated rings. The van der Waals surface area contributed by atoms with Gasteiger partial charge in [0.15, 0.2) is 0 Å². The number of hydrogen-bond donors (Lipinski definition) is 1. The van der Waals surface area contributed by atoms with Crippen molar-refractivity contribution < 1.29 is 19.4 Å². The number of hydrogen-bond acceptors (Lipinski definition) is 4. The van der Waals surface area contributed by atoms with Gasteiger partial charge in [0.05, 0.1) is 23.4 Å². The molecular weight excluding hydrogens is 346 g/mol. The molecule has 0 bridgehead atoms. The highest BCUT2D eigenvalue weighted by molar-refractivity contribution is 5.85. The second kappa shape index (κ2) is 7.52. The van der Waals surface area contributed by atoms with Crippen LogP contribution in [0.25, 0.3) is 5.69 Å². The summed E-state index contributed by atoms with van der Waals surface area (Å²) in [6, 6.07) is 8.92. The predicted octanol–water partition coefficient (Wildman–Crippen LogP) is 2.50. The molecule has 1 aliphatic rings. The van der Waals surface area contributed by atoms with Gasteiger partial charge in [0.25, 0.3) is 0 Å². The number of rotatable bonds is 5. The summed E-state index contributed by atoms with van der Waals surface area (Å²) in [6.07, 6.45) is 0.147. The number of aliphatic carboxylic acids is 1. The average Bonchev–Trinajstić information content (AvgIpc) is 3.24. The molecule has 3 atom stereocenters. The summed E-state index contributed by atoms with van der Waals surface area (Å²) in [6.45, 7) is 5.85. The molecule has 3 rings (SSSR count). The van der Waals surface area contributed by atoms with Gasteiger partial charge in [0.2, 0.25) is 5.91 Å². The number of likely N-dealkylation sites (N-methyl/N-ethyl adjacent to an activating group) is 1. The highest BCUT2D eigenvalue weighted by Gasteiger charge is 2.41. The lowest BCUT2D eigenvalue weighted by molar-refractivity contribution is -0.150. The van der Waals surface area contributed by atoms with E-state index in [9.17, 15) is 14.7 Å². The summed E-state index contributed by atoms with van der Waals surface area (Å²) in [5.41, 5.74) is 3.60. The van der Waals surface area contributed by atoms with Crippen molar-refractivity contribution in [2.24, 2.45) is 5.92 Å². The molecule has 1 aliphatic heterocycles. The number of benzene rings is 1. The van der Waals surface area contributed by atoms with Crippen LogP contribution < -0.4 is 0 Å². The monoisotopic (exact) mass is 371 g/mol. The van der Waals surface area contributed by atoms with Crippen molar-refractivity contribution in [3.63, 3.8) is 0 Å². The van der Waals surface area contributed by atoms with Gasteiger partial charge in [-0.1, -0.05) is 18.2 Å². The lowest BCUT2D eigenvalue weighted by Crippen LogP contribution is -2.44. The van der Waals surface area contributed by atoms with Crippen LogP contribution in [0.3, 0.4) is 0 Å². The number of carboxylic acid groups (broad SMARTS) is 1. The van der Waals surface area contributed by atoms with E-state index in [0.29, 0.717) is 13.0 Å². The maximum absolute atomic E-state index is 12.9. The van der Waals surface area contributed by atoms with Crippen LogP contribution in [0.15, 0.2) is 30.3 Å². The van der Waals surface area contributed by atoms with Crippen LogP contribution in [0.5, 0.6) is 0 Å². The zero-order chi connectivity index (χ0) is 19.7. The molecule has 0 saturated carbocycles. The number of carbonyl (C=O) groups is 2. The smallest absolute Gasteiger partial charge is 0.326 e. The Labute approximate surface area is 158 Å². The molecule has 2 heterocycles. The van der Waals surface area contributed by atoms with Crippen LogP contribution in [0.1, 0.15) is 36.4 Å². The number of para-hydroxylation sites is 1. The third-order valence-electron chi connectivity index (χ3n) is 5.33. The van der Waals surface area contributed by atoms with Crippen LogP contribution in [-0.2, 0) is 14.3 Å². The van der Waals surface area contributed by atoms with E-state index < -0.39 is 24.0 Å². The van der Waals surface area contributed by atoms with E-state index in [1.807, 2.05) is 48.9 Å². The average molecular weight is 371 g/mol. The van der Waals surface area contributed by atoms with Crippen molar-refractivity contribution in [3.8, 4) is 5.69 Å². The molecule has 1 amide bonds. The molecule has 2 aromatic rings. The van der Waals surface area contributed by atoms with Crippen LogP contribution in [0.4, 0.5) is 0 Å². The first kappa shape index (κ1) is 19.1. The van der Waals surface area contributed by atoms with Gasteiger partial charge in [-0.3, -0.25) is 4.79 Å². The minimum absolute atomic E-state index is 0.210. The number of amides is 1. The van der Waals surface area contributed by atoms with Gasteiger partial charge in [-0.25, -0.2) is 9.48 Å². The fourth-order valence-corrected chi connectivity index (χ4v) is 3.63. The topological polar surface area (TPSA) is 84.7 Å². The summed E-state index contributed by atoms with van der Waals surface area (Å²) in [7, 11) is 1.53. The van der Waals surface area contributed by atoms with Crippen molar-refractivity contribution >= 4 is 11.9 Å². The summed E-state index contributed by atoms with van der Waals surface area (Å²) in [4.78, 5) is 25.5. The molecule has 0 radical (unpaired) electrons. The van der Waals surface area contributed by atoms with Crippen molar-refractivity contribution in [3.05, 3.63) is 47.3 Å². The minimum Gasteiger partial charge on any atom is -0.480 e. The van der Waals surface area contributed by atoms with Crippen LogP contribution >= 0.6 is 0 Å². The van der Waals surface area contributed by atoms with E-state index in [0.717, 1.165) is 22.6 Å². The Kier molecular flexibility index (Phi) is 5.32. The molecule has 0 aliphatic carbocycles. The van der Waals surface area contributed by atoms with Gasteiger partial charge in [-0.05, 0) is 39.3 Å². The van der Waals surface area contributed by atoms with Crippen LogP contribution in [0.2, 0.25) is 0 Å². The number of carbonyl (C=O) groups excluding carboxylic acids is 1. The fraction of sp³-hybridized carbons (Fsp3) is 0.450. The first-order chi connectivity index (χ1) is 12.8. The normalized spacial score (nSPS) is 20.4. The van der Waals surface area contributed by atoms with E-state index in [2.05, 4.69) is 5.10 Å². The zero-order valence-electron chi connectivity index (χ0n) is 16.0. The quantitative estimate of drug-likeness (QED) is 0.873. The molecule has 27 heavy (non-hydrogen) atoms.